The number of aromatic nitrogens is 2. The number of anilines is 1. The van der Waals surface area contributed by atoms with Gasteiger partial charge in [-0.1, -0.05) is 6.07 Å². The molecule has 3 aromatic rings. The van der Waals surface area contributed by atoms with Gasteiger partial charge in [-0.3, -0.25) is 9.89 Å². The van der Waals surface area contributed by atoms with Crippen LogP contribution in [0.1, 0.15) is 16.2 Å². The molecule has 2 aromatic heterocycles. The lowest BCUT2D eigenvalue weighted by atomic mass is 10.2. The van der Waals surface area contributed by atoms with Crippen LogP contribution in [0.25, 0.3) is 11.5 Å². The molecule has 140 valence electrons. The molecule has 0 bridgehead atoms. The van der Waals surface area contributed by atoms with Crippen molar-refractivity contribution in [3.05, 3.63) is 53.9 Å². The number of aromatic amines is 1. The number of rotatable bonds is 4. The van der Waals surface area contributed by atoms with Crippen LogP contribution in [0.2, 0.25) is 0 Å². The largest absolute Gasteiger partial charge is 0.497 e. The zero-order valence-corrected chi connectivity index (χ0v) is 15.4. The number of amides is 1. The summed E-state index contributed by atoms with van der Waals surface area (Å²) >= 11 is 0. The van der Waals surface area contributed by atoms with Crippen molar-refractivity contribution in [1.29, 1.82) is 0 Å². The van der Waals surface area contributed by atoms with E-state index in [0.29, 0.717) is 30.2 Å². The number of piperazine rings is 1. The van der Waals surface area contributed by atoms with Gasteiger partial charge in [-0.2, -0.15) is 5.10 Å². The maximum absolute atomic E-state index is 12.8. The summed E-state index contributed by atoms with van der Waals surface area (Å²) in [6.45, 7) is 4.73. The summed E-state index contributed by atoms with van der Waals surface area (Å²) in [4.78, 5) is 16.9. The topological polar surface area (TPSA) is 74.6 Å². The van der Waals surface area contributed by atoms with Gasteiger partial charge in [-0.25, -0.2) is 0 Å². The van der Waals surface area contributed by atoms with Crippen LogP contribution in [0.5, 0.6) is 5.75 Å². The molecule has 0 saturated carbocycles. The highest BCUT2D eigenvalue weighted by Crippen LogP contribution is 2.23. The summed E-state index contributed by atoms with van der Waals surface area (Å²) in [6.07, 6.45) is 0. The Kier molecular flexibility index (Phi) is 4.58. The highest BCUT2D eigenvalue weighted by Gasteiger charge is 2.24. The number of hydrogen-bond donors (Lipinski definition) is 1. The molecule has 27 heavy (non-hydrogen) atoms. The third-order valence-electron chi connectivity index (χ3n) is 4.79. The van der Waals surface area contributed by atoms with Gasteiger partial charge in [0.1, 0.15) is 17.2 Å². The minimum atomic E-state index is -0.0638. The average Bonchev–Trinajstić information content (AvgIpc) is 3.37. The number of carbonyl (C=O) groups excluding carboxylic acids is 1. The van der Waals surface area contributed by atoms with E-state index in [0.717, 1.165) is 30.3 Å². The fourth-order valence-electron chi connectivity index (χ4n) is 3.27. The zero-order chi connectivity index (χ0) is 18.8. The van der Waals surface area contributed by atoms with E-state index in [9.17, 15) is 4.79 Å². The summed E-state index contributed by atoms with van der Waals surface area (Å²) in [5.41, 5.74) is 2.23. The van der Waals surface area contributed by atoms with Gasteiger partial charge in [0, 0.05) is 44.0 Å². The molecule has 0 unspecified atom stereocenters. The van der Waals surface area contributed by atoms with Crippen LogP contribution >= 0.6 is 0 Å². The predicted molar refractivity (Wildman–Crippen MR) is 102 cm³/mol. The predicted octanol–water partition coefficient (Wildman–Crippen LogP) is 2.95. The molecule has 1 saturated heterocycles. The average molecular weight is 366 g/mol. The summed E-state index contributed by atoms with van der Waals surface area (Å²) in [5, 5.41) is 7.06. The quantitative estimate of drug-likeness (QED) is 0.768. The third kappa shape index (κ3) is 3.53. The van der Waals surface area contributed by atoms with Gasteiger partial charge in [0.2, 0.25) is 0 Å². The molecule has 1 aromatic carbocycles. The molecule has 0 spiro atoms. The van der Waals surface area contributed by atoms with Crippen LogP contribution in [-0.4, -0.2) is 54.3 Å². The molecule has 1 fully saturated rings. The van der Waals surface area contributed by atoms with Gasteiger partial charge in [0.25, 0.3) is 5.91 Å². The van der Waals surface area contributed by atoms with Crippen LogP contribution in [0.3, 0.4) is 0 Å². The number of ether oxygens (including phenoxy) is 1. The molecule has 0 aliphatic carbocycles. The smallest absolute Gasteiger partial charge is 0.274 e. The minimum Gasteiger partial charge on any atom is -0.497 e. The van der Waals surface area contributed by atoms with E-state index in [1.165, 1.54) is 0 Å². The lowest BCUT2D eigenvalue weighted by molar-refractivity contribution is 0.0741. The number of hydrogen-bond acceptors (Lipinski definition) is 5. The Morgan fingerprint density at radius 3 is 2.67 bits per heavy atom. The van der Waals surface area contributed by atoms with Crippen LogP contribution in [0.4, 0.5) is 5.69 Å². The van der Waals surface area contributed by atoms with E-state index in [-0.39, 0.29) is 5.91 Å². The molecular formula is C20H22N4O3. The molecule has 1 N–H and O–H groups in total. The molecule has 7 heteroatoms. The van der Waals surface area contributed by atoms with Crippen molar-refractivity contribution in [2.45, 2.75) is 6.92 Å². The van der Waals surface area contributed by atoms with Crippen molar-refractivity contribution >= 4 is 11.6 Å². The standard InChI is InChI=1S/C20H22N4O3/c1-14-6-7-19(27-14)17-13-18(22-21-17)20(25)24-10-8-23(9-11-24)15-4-3-5-16(12-15)26-2/h3-7,12-13H,8-11H2,1-2H3,(H,21,22). The van der Waals surface area contributed by atoms with Gasteiger partial charge in [0.15, 0.2) is 11.5 Å². The first-order valence-electron chi connectivity index (χ1n) is 8.94. The molecule has 0 radical (unpaired) electrons. The molecule has 1 amide bonds. The Morgan fingerprint density at radius 2 is 1.96 bits per heavy atom. The first kappa shape index (κ1) is 17.2. The molecule has 4 rings (SSSR count). The normalized spacial score (nSPS) is 14.4. The van der Waals surface area contributed by atoms with E-state index < -0.39 is 0 Å². The molecule has 7 nitrogen and oxygen atoms in total. The first-order valence-corrected chi connectivity index (χ1v) is 8.94. The van der Waals surface area contributed by atoms with Gasteiger partial charge >= 0.3 is 0 Å². The Balaban J connectivity index is 1.41. The number of benzene rings is 1. The Morgan fingerprint density at radius 1 is 1.15 bits per heavy atom. The first-order chi connectivity index (χ1) is 13.1. The highest BCUT2D eigenvalue weighted by atomic mass is 16.5. The lowest BCUT2D eigenvalue weighted by Gasteiger charge is -2.35. The van der Waals surface area contributed by atoms with Gasteiger partial charge in [0.05, 0.1) is 7.11 Å². The zero-order valence-electron chi connectivity index (χ0n) is 15.4. The molecular weight excluding hydrogens is 344 g/mol. The van der Waals surface area contributed by atoms with E-state index >= 15 is 0 Å². The lowest BCUT2D eigenvalue weighted by Crippen LogP contribution is -2.48. The summed E-state index contributed by atoms with van der Waals surface area (Å²) < 4.78 is 10.9. The highest BCUT2D eigenvalue weighted by molar-refractivity contribution is 5.93. The number of H-pyrrole nitrogens is 1. The second-order valence-corrected chi connectivity index (χ2v) is 6.56. The molecule has 3 heterocycles. The SMILES string of the molecule is COc1cccc(N2CCN(C(=O)c3cc(-c4ccc(C)o4)[nH]n3)CC2)c1. The number of nitrogens with one attached hydrogen (secondary N) is 1. The van der Waals surface area contributed by atoms with Crippen molar-refractivity contribution in [2.24, 2.45) is 0 Å². The second kappa shape index (κ2) is 7.19. The number of aryl methyl sites for hydroxylation is 1. The summed E-state index contributed by atoms with van der Waals surface area (Å²) in [6, 6.07) is 13.5. The Hall–Kier alpha value is -3.22. The number of methoxy groups -OCH3 is 1. The van der Waals surface area contributed by atoms with Crippen LogP contribution in [-0.2, 0) is 0 Å². The third-order valence-corrected chi connectivity index (χ3v) is 4.79. The van der Waals surface area contributed by atoms with Crippen LogP contribution < -0.4 is 9.64 Å². The van der Waals surface area contributed by atoms with Gasteiger partial charge in [-0.15, -0.1) is 0 Å². The monoisotopic (exact) mass is 366 g/mol. The number of nitrogens with zero attached hydrogens (tertiary/aromatic N) is 3. The molecule has 1 aliphatic rings. The number of carbonyl (C=O) groups is 1. The summed E-state index contributed by atoms with van der Waals surface area (Å²) in [7, 11) is 1.66. The fraction of sp³-hybridized carbons (Fsp3) is 0.300. The van der Waals surface area contributed by atoms with E-state index in [1.807, 2.05) is 42.2 Å². The van der Waals surface area contributed by atoms with Gasteiger partial charge in [-0.05, 0) is 31.2 Å². The second-order valence-electron chi connectivity index (χ2n) is 6.56. The van der Waals surface area contributed by atoms with Crippen LogP contribution in [0.15, 0.2) is 46.9 Å². The van der Waals surface area contributed by atoms with Crippen molar-refractivity contribution < 1.29 is 13.9 Å². The van der Waals surface area contributed by atoms with E-state index in [4.69, 9.17) is 9.15 Å². The van der Waals surface area contributed by atoms with Crippen LogP contribution in [0, 0.1) is 6.92 Å². The maximum atomic E-state index is 12.8. The molecule has 1 aliphatic heterocycles. The Bertz CT molecular complexity index is 938. The Labute approximate surface area is 157 Å². The maximum Gasteiger partial charge on any atom is 0.274 e. The van der Waals surface area contributed by atoms with Crippen molar-refractivity contribution in [3.63, 3.8) is 0 Å². The molecule has 0 atom stereocenters. The van der Waals surface area contributed by atoms with Gasteiger partial charge < -0.3 is 19.0 Å². The van der Waals surface area contributed by atoms with Crippen molar-refractivity contribution in [2.75, 3.05) is 38.2 Å². The van der Waals surface area contributed by atoms with Crippen molar-refractivity contribution in [1.82, 2.24) is 15.1 Å². The minimum absolute atomic E-state index is 0.0638. The summed E-state index contributed by atoms with van der Waals surface area (Å²) in [5.74, 6) is 2.28. The fourth-order valence-corrected chi connectivity index (χ4v) is 3.27. The van der Waals surface area contributed by atoms with E-state index in [1.54, 1.807) is 13.2 Å². The van der Waals surface area contributed by atoms with E-state index in [2.05, 4.69) is 21.2 Å². The van der Waals surface area contributed by atoms with Crippen molar-refractivity contribution in [3.8, 4) is 17.2 Å². The number of furan rings is 1.